The van der Waals surface area contributed by atoms with Gasteiger partial charge in [-0.25, -0.2) is 4.98 Å². The van der Waals surface area contributed by atoms with Gasteiger partial charge in [0, 0.05) is 41.6 Å². The first-order chi connectivity index (χ1) is 13.9. The molecule has 0 spiro atoms. The molecule has 3 heterocycles. The zero-order chi connectivity index (χ0) is 20.6. The number of aromatic amines is 1. The van der Waals surface area contributed by atoms with Crippen LogP contribution in [0.5, 0.6) is 0 Å². The molecule has 3 N–H and O–H groups in total. The lowest BCUT2D eigenvalue weighted by Crippen LogP contribution is -2.37. The van der Waals surface area contributed by atoms with Gasteiger partial charge in [0.1, 0.15) is 5.82 Å². The fourth-order valence-electron chi connectivity index (χ4n) is 3.06. The molecule has 1 aliphatic rings. The van der Waals surface area contributed by atoms with E-state index in [1.54, 1.807) is 25.2 Å². The molecule has 4 rings (SSSR count). The highest BCUT2D eigenvalue weighted by molar-refractivity contribution is 9.10. The summed E-state index contributed by atoms with van der Waals surface area (Å²) in [6.07, 6.45) is 1.75. The number of hydrogen-bond acceptors (Lipinski definition) is 5. The summed E-state index contributed by atoms with van der Waals surface area (Å²) in [4.78, 5) is 30.2. The number of aliphatic hydroxyl groups is 1. The molecular weight excluding hydrogens is 438 g/mol. The number of carbonyl (C=O) groups excluding carboxylic acids is 2. The molecule has 0 bridgehead atoms. The van der Waals surface area contributed by atoms with Crippen LogP contribution < -0.4 is 5.32 Å². The number of aromatic nitrogens is 3. The summed E-state index contributed by atoms with van der Waals surface area (Å²) in [5.74, 6) is 4.90. The maximum absolute atomic E-state index is 12.6. The van der Waals surface area contributed by atoms with Gasteiger partial charge in [0.05, 0.1) is 5.52 Å². The minimum absolute atomic E-state index is 0.244. The highest BCUT2D eigenvalue weighted by atomic mass is 79.9. The topological polar surface area (TPSA) is 111 Å². The van der Waals surface area contributed by atoms with Crippen molar-refractivity contribution in [2.45, 2.75) is 12.0 Å². The average Bonchev–Trinajstić information content (AvgIpc) is 3.23. The molecule has 1 atom stereocenters. The molecule has 0 unspecified atom stereocenters. The molecule has 9 heteroatoms. The molecule has 1 fully saturated rings. The number of anilines is 1. The van der Waals surface area contributed by atoms with Crippen molar-refractivity contribution in [3.05, 3.63) is 52.3 Å². The van der Waals surface area contributed by atoms with Crippen LogP contribution in [0.15, 0.2) is 41.0 Å². The van der Waals surface area contributed by atoms with Gasteiger partial charge in [-0.2, -0.15) is 5.10 Å². The largest absolute Gasteiger partial charge is 0.369 e. The third kappa shape index (κ3) is 3.72. The molecule has 0 radical (unpaired) electrons. The summed E-state index contributed by atoms with van der Waals surface area (Å²) in [7, 11) is 1.62. The average molecular weight is 454 g/mol. The molecule has 1 aliphatic heterocycles. The Hall–Kier alpha value is -3.22. The predicted octanol–water partition coefficient (Wildman–Crippen LogP) is 1.92. The first-order valence-corrected chi connectivity index (χ1v) is 9.57. The number of nitrogens with zero attached hydrogens (tertiary/aromatic N) is 3. The normalized spacial score (nSPS) is 18.6. The van der Waals surface area contributed by atoms with Gasteiger partial charge in [-0.05, 0) is 30.3 Å². The van der Waals surface area contributed by atoms with Crippen LogP contribution in [0.25, 0.3) is 10.9 Å². The van der Waals surface area contributed by atoms with E-state index >= 15 is 0 Å². The molecule has 0 saturated carbocycles. The SMILES string of the molecule is CN1CC[C@@](O)(C#Cc2ccnc(NC(=O)c3n[nH]c4ccc(Br)cc34)c2)C1=O. The molecule has 8 nitrogen and oxygen atoms in total. The van der Waals surface area contributed by atoms with E-state index in [-0.39, 0.29) is 17.9 Å². The number of H-pyrrole nitrogens is 1. The summed E-state index contributed by atoms with van der Waals surface area (Å²) in [6, 6.07) is 8.69. The monoisotopic (exact) mass is 453 g/mol. The molecule has 146 valence electrons. The van der Waals surface area contributed by atoms with E-state index < -0.39 is 17.4 Å². The molecular formula is C20H16BrN5O3. The number of amides is 2. The van der Waals surface area contributed by atoms with Crippen molar-refractivity contribution in [3.63, 3.8) is 0 Å². The van der Waals surface area contributed by atoms with Crippen molar-refractivity contribution in [2.75, 3.05) is 18.9 Å². The van der Waals surface area contributed by atoms with Crippen LogP contribution in [0.1, 0.15) is 22.5 Å². The van der Waals surface area contributed by atoms with E-state index in [1.165, 1.54) is 11.1 Å². The van der Waals surface area contributed by atoms with Gasteiger partial charge in [0.2, 0.25) is 5.60 Å². The molecule has 2 aromatic heterocycles. The van der Waals surface area contributed by atoms with Gasteiger partial charge < -0.3 is 15.3 Å². The highest BCUT2D eigenvalue weighted by Gasteiger charge is 2.42. The van der Waals surface area contributed by atoms with Gasteiger partial charge >= 0.3 is 0 Å². The Bertz CT molecular complexity index is 1200. The minimum Gasteiger partial charge on any atom is -0.369 e. The molecule has 2 amide bonds. The third-order valence-corrected chi connectivity index (χ3v) is 5.16. The Labute approximate surface area is 174 Å². The number of benzene rings is 1. The summed E-state index contributed by atoms with van der Waals surface area (Å²) in [5.41, 5.74) is -0.178. The van der Waals surface area contributed by atoms with Crippen LogP contribution in [-0.4, -0.2) is 56.2 Å². The van der Waals surface area contributed by atoms with E-state index in [4.69, 9.17) is 0 Å². The van der Waals surface area contributed by atoms with Crippen molar-refractivity contribution < 1.29 is 14.7 Å². The number of fused-ring (bicyclic) bond motifs is 1. The van der Waals surface area contributed by atoms with Crippen LogP contribution in [0.2, 0.25) is 0 Å². The molecule has 0 aliphatic carbocycles. The lowest BCUT2D eigenvalue weighted by Gasteiger charge is -2.13. The summed E-state index contributed by atoms with van der Waals surface area (Å²) in [6.45, 7) is 0.454. The van der Waals surface area contributed by atoms with Crippen LogP contribution >= 0.6 is 15.9 Å². The fourth-order valence-corrected chi connectivity index (χ4v) is 3.42. The molecule has 29 heavy (non-hydrogen) atoms. The molecule has 1 aromatic carbocycles. The number of pyridine rings is 1. The summed E-state index contributed by atoms with van der Waals surface area (Å²) < 4.78 is 0.834. The fraction of sp³-hybridized carbons (Fsp3) is 0.200. The number of likely N-dealkylation sites (tertiary alicyclic amines) is 1. The van der Waals surface area contributed by atoms with Crippen molar-refractivity contribution in [1.29, 1.82) is 0 Å². The van der Waals surface area contributed by atoms with Crippen molar-refractivity contribution >= 4 is 44.5 Å². The Kier molecular flexibility index (Phi) is 4.82. The van der Waals surface area contributed by atoms with Gasteiger partial charge in [0.25, 0.3) is 11.8 Å². The number of nitrogens with one attached hydrogen (secondary N) is 2. The number of likely N-dealkylation sites (N-methyl/N-ethyl adjacent to an activating group) is 1. The van der Waals surface area contributed by atoms with E-state index in [0.29, 0.717) is 17.5 Å². The zero-order valence-electron chi connectivity index (χ0n) is 15.4. The Morgan fingerprint density at radius 1 is 1.38 bits per heavy atom. The Morgan fingerprint density at radius 3 is 2.97 bits per heavy atom. The van der Waals surface area contributed by atoms with Crippen molar-refractivity contribution in [2.24, 2.45) is 0 Å². The number of rotatable bonds is 2. The first-order valence-electron chi connectivity index (χ1n) is 8.78. The van der Waals surface area contributed by atoms with E-state index in [2.05, 4.69) is 48.3 Å². The van der Waals surface area contributed by atoms with E-state index in [1.807, 2.05) is 12.1 Å². The van der Waals surface area contributed by atoms with Crippen LogP contribution in [0.3, 0.4) is 0 Å². The second-order valence-corrected chi connectivity index (χ2v) is 7.65. The second-order valence-electron chi connectivity index (χ2n) is 6.73. The highest BCUT2D eigenvalue weighted by Crippen LogP contribution is 2.22. The van der Waals surface area contributed by atoms with E-state index in [9.17, 15) is 14.7 Å². The molecule has 1 saturated heterocycles. The third-order valence-electron chi connectivity index (χ3n) is 4.66. The lowest BCUT2D eigenvalue weighted by molar-refractivity contribution is -0.137. The van der Waals surface area contributed by atoms with Gasteiger partial charge in [-0.3, -0.25) is 14.7 Å². The Morgan fingerprint density at radius 2 is 2.21 bits per heavy atom. The van der Waals surface area contributed by atoms with Crippen LogP contribution in [-0.2, 0) is 4.79 Å². The van der Waals surface area contributed by atoms with Crippen molar-refractivity contribution in [3.8, 4) is 11.8 Å². The van der Waals surface area contributed by atoms with Crippen molar-refractivity contribution in [1.82, 2.24) is 20.1 Å². The van der Waals surface area contributed by atoms with Crippen LogP contribution in [0, 0.1) is 11.8 Å². The lowest BCUT2D eigenvalue weighted by atomic mass is 10.0. The minimum atomic E-state index is -1.68. The van der Waals surface area contributed by atoms with Gasteiger partial charge in [0.15, 0.2) is 5.69 Å². The predicted molar refractivity (Wildman–Crippen MR) is 110 cm³/mol. The summed E-state index contributed by atoms with van der Waals surface area (Å²) in [5, 5.41) is 20.7. The summed E-state index contributed by atoms with van der Waals surface area (Å²) >= 11 is 3.39. The number of carbonyl (C=O) groups is 2. The standard InChI is InChI=1S/C20H16BrN5O3/c1-26-9-7-20(29,19(26)28)6-4-12-5-8-22-16(10-12)23-18(27)17-14-11-13(21)2-3-15(14)24-25-17/h2-3,5,8,10-11,29H,7,9H2,1H3,(H,24,25)(H,22,23,27)/t20-/m0/s1. The second kappa shape index (κ2) is 7.31. The van der Waals surface area contributed by atoms with Gasteiger partial charge in [-0.15, -0.1) is 0 Å². The van der Waals surface area contributed by atoms with Crippen LogP contribution in [0.4, 0.5) is 5.82 Å². The number of halogens is 1. The maximum atomic E-state index is 12.6. The Balaban J connectivity index is 1.55. The number of hydrogen-bond donors (Lipinski definition) is 3. The van der Waals surface area contributed by atoms with Gasteiger partial charge in [-0.1, -0.05) is 27.8 Å². The molecule has 3 aromatic rings. The smallest absolute Gasteiger partial charge is 0.277 e. The zero-order valence-corrected chi connectivity index (χ0v) is 16.9. The van der Waals surface area contributed by atoms with E-state index in [0.717, 1.165) is 9.99 Å². The maximum Gasteiger partial charge on any atom is 0.277 e. The first kappa shape index (κ1) is 19.1. The quantitative estimate of drug-likeness (QED) is 0.513.